The highest BCUT2D eigenvalue weighted by Gasteiger charge is 2.65. The molecule has 2 heteroatoms. The second-order valence-electron chi connectivity index (χ2n) is 9.54. The number of fused-ring (bicyclic) bond motifs is 6. The summed E-state index contributed by atoms with van der Waals surface area (Å²) in [5.74, 6) is 3.59. The van der Waals surface area contributed by atoms with Gasteiger partial charge in [0.1, 0.15) is 0 Å². The Labute approximate surface area is 152 Å². The average molecular weight is 341 g/mol. The molecule has 0 unspecified atom stereocenters. The number of rotatable bonds is 0. The molecule has 0 aromatic heterocycles. The third-order valence-electron chi connectivity index (χ3n) is 9.01. The van der Waals surface area contributed by atoms with Crippen LogP contribution in [0, 0.1) is 29.1 Å². The van der Waals surface area contributed by atoms with Gasteiger partial charge in [0, 0.05) is 11.8 Å². The molecule has 1 heterocycles. The second-order valence-corrected chi connectivity index (χ2v) is 9.54. The molecule has 1 saturated heterocycles. The Bertz CT molecular complexity index is 659. The number of ether oxygens (including phenoxy) is 1. The van der Waals surface area contributed by atoms with E-state index in [1.807, 2.05) is 6.08 Å². The van der Waals surface area contributed by atoms with Gasteiger partial charge in [-0.2, -0.15) is 0 Å². The van der Waals surface area contributed by atoms with Gasteiger partial charge in [0.05, 0.1) is 12.2 Å². The summed E-state index contributed by atoms with van der Waals surface area (Å²) < 4.78 is 6.55. The fourth-order valence-electron chi connectivity index (χ4n) is 7.95. The molecule has 4 aliphatic carbocycles. The van der Waals surface area contributed by atoms with Crippen LogP contribution in [0.25, 0.3) is 0 Å². The van der Waals surface area contributed by atoms with Crippen LogP contribution < -0.4 is 0 Å². The van der Waals surface area contributed by atoms with Crippen LogP contribution in [0.15, 0.2) is 23.3 Å². The van der Waals surface area contributed by atoms with Crippen molar-refractivity contribution in [1.29, 1.82) is 0 Å². The minimum absolute atomic E-state index is 0.0516. The van der Waals surface area contributed by atoms with E-state index in [-0.39, 0.29) is 5.60 Å². The molecule has 1 spiro atoms. The maximum Gasteiger partial charge on any atom is 0.155 e. The van der Waals surface area contributed by atoms with Gasteiger partial charge < -0.3 is 4.74 Å². The number of carbonyl (C=O) groups excluding carboxylic acids is 1. The lowest BCUT2D eigenvalue weighted by Crippen LogP contribution is -2.53. The van der Waals surface area contributed by atoms with Gasteiger partial charge >= 0.3 is 0 Å². The summed E-state index contributed by atoms with van der Waals surface area (Å²) in [7, 11) is 0. The zero-order valence-corrected chi connectivity index (χ0v) is 15.9. The monoisotopic (exact) mass is 340 g/mol. The van der Waals surface area contributed by atoms with Crippen molar-refractivity contribution < 1.29 is 9.53 Å². The van der Waals surface area contributed by atoms with Gasteiger partial charge in [-0.25, -0.2) is 0 Å². The fourth-order valence-corrected chi connectivity index (χ4v) is 7.95. The summed E-state index contributed by atoms with van der Waals surface area (Å²) in [6.45, 7) is 5.70. The SMILES string of the molecule is C/C=C1\CCO[C@]12CC[C@H]1[C@@H]3CCC4=CC(=O)CC[C@@H]4[C@H]3CC[C@@]12C. The first-order valence-electron chi connectivity index (χ1n) is 10.6. The molecule has 3 saturated carbocycles. The molecule has 0 radical (unpaired) electrons. The molecule has 25 heavy (non-hydrogen) atoms. The lowest BCUT2D eigenvalue weighted by Gasteiger charge is -2.56. The Morgan fingerprint density at radius 2 is 1.96 bits per heavy atom. The van der Waals surface area contributed by atoms with Crippen LogP contribution in [0.4, 0.5) is 0 Å². The Kier molecular flexibility index (Phi) is 3.62. The Balaban J connectivity index is 1.48. The molecular formula is C23H32O2. The van der Waals surface area contributed by atoms with Gasteiger partial charge in [-0.05, 0) is 93.6 Å². The Hall–Kier alpha value is -0.890. The summed E-state index contributed by atoms with van der Waals surface area (Å²) in [4.78, 5) is 11.9. The number of hydrogen-bond acceptors (Lipinski definition) is 2. The summed E-state index contributed by atoms with van der Waals surface area (Å²) in [6, 6.07) is 0. The molecule has 0 aromatic rings. The molecule has 1 aliphatic heterocycles. The Morgan fingerprint density at radius 3 is 2.80 bits per heavy atom. The molecule has 0 amide bonds. The first-order chi connectivity index (χ1) is 12.1. The standard InChI is InChI=1S/C23H32O2/c1-3-16-10-13-25-23(16)12-9-21-20-6-4-15-14-17(24)5-7-18(15)19(20)8-11-22(21,23)2/h3,14,18-21H,4-13H2,1-2H3/b16-3+/t18-,19+,20+,21-,22-,23+/m0/s1. The smallest absolute Gasteiger partial charge is 0.155 e. The Morgan fingerprint density at radius 1 is 1.08 bits per heavy atom. The van der Waals surface area contributed by atoms with Crippen molar-refractivity contribution in [2.24, 2.45) is 29.1 Å². The van der Waals surface area contributed by atoms with Crippen LogP contribution in [0.5, 0.6) is 0 Å². The molecule has 0 N–H and O–H groups in total. The average Bonchev–Trinajstić information content (AvgIpc) is 3.17. The molecule has 2 nitrogen and oxygen atoms in total. The third-order valence-corrected chi connectivity index (χ3v) is 9.01. The van der Waals surface area contributed by atoms with Crippen LogP contribution in [0.1, 0.15) is 71.6 Å². The van der Waals surface area contributed by atoms with E-state index in [9.17, 15) is 4.79 Å². The van der Waals surface area contributed by atoms with E-state index < -0.39 is 0 Å². The minimum atomic E-state index is 0.0516. The van der Waals surface area contributed by atoms with E-state index in [1.54, 1.807) is 5.57 Å². The van der Waals surface area contributed by atoms with Crippen molar-refractivity contribution in [3.05, 3.63) is 23.3 Å². The number of carbonyl (C=O) groups is 1. The topological polar surface area (TPSA) is 26.3 Å². The minimum Gasteiger partial charge on any atom is -0.370 e. The highest BCUT2D eigenvalue weighted by Crippen LogP contribution is 2.68. The highest BCUT2D eigenvalue weighted by atomic mass is 16.5. The van der Waals surface area contributed by atoms with Crippen LogP contribution in [0.3, 0.4) is 0 Å². The quantitative estimate of drug-likeness (QED) is 0.564. The lowest BCUT2D eigenvalue weighted by molar-refractivity contribution is -0.118. The van der Waals surface area contributed by atoms with Gasteiger partial charge in [-0.3, -0.25) is 4.79 Å². The third kappa shape index (κ3) is 2.04. The van der Waals surface area contributed by atoms with E-state index in [4.69, 9.17) is 4.74 Å². The summed E-state index contributed by atoms with van der Waals surface area (Å²) in [6.07, 6.45) is 15.2. The van der Waals surface area contributed by atoms with Gasteiger partial charge in [-0.1, -0.05) is 18.6 Å². The molecule has 0 aromatic carbocycles. The van der Waals surface area contributed by atoms with E-state index >= 15 is 0 Å². The summed E-state index contributed by atoms with van der Waals surface area (Å²) in [5.41, 5.74) is 3.48. The van der Waals surface area contributed by atoms with E-state index in [0.717, 1.165) is 43.6 Å². The molecule has 4 fully saturated rings. The van der Waals surface area contributed by atoms with Gasteiger partial charge in [-0.15, -0.1) is 0 Å². The van der Waals surface area contributed by atoms with Gasteiger partial charge in [0.2, 0.25) is 0 Å². The predicted molar refractivity (Wildman–Crippen MR) is 99.2 cm³/mol. The fraction of sp³-hybridized carbons (Fsp3) is 0.783. The van der Waals surface area contributed by atoms with E-state index in [0.29, 0.717) is 17.1 Å². The van der Waals surface area contributed by atoms with Crippen LogP contribution in [0.2, 0.25) is 0 Å². The maximum atomic E-state index is 11.9. The molecule has 5 aliphatic rings. The number of ketones is 1. The van der Waals surface area contributed by atoms with Crippen molar-refractivity contribution in [2.45, 2.75) is 77.2 Å². The molecular weight excluding hydrogens is 308 g/mol. The van der Waals surface area contributed by atoms with Gasteiger partial charge in [0.25, 0.3) is 0 Å². The van der Waals surface area contributed by atoms with E-state index in [2.05, 4.69) is 19.9 Å². The predicted octanol–water partition coefficient (Wildman–Crippen LogP) is 5.23. The van der Waals surface area contributed by atoms with Crippen LogP contribution in [-0.2, 0) is 9.53 Å². The second kappa shape index (κ2) is 5.55. The largest absolute Gasteiger partial charge is 0.370 e. The normalized spacial score (nSPS) is 50.6. The molecule has 6 atom stereocenters. The van der Waals surface area contributed by atoms with E-state index in [1.165, 1.54) is 44.1 Å². The van der Waals surface area contributed by atoms with Crippen molar-refractivity contribution in [2.75, 3.05) is 6.61 Å². The van der Waals surface area contributed by atoms with Crippen LogP contribution >= 0.6 is 0 Å². The first kappa shape index (κ1) is 16.3. The molecule has 136 valence electrons. The van der Waals surface area contributed by atoms with Crippen LogP contribution in [-0.4, -0.2) is 18.0 Å². The maximum absolute atomic E-state index is 11.9. The molecule has 0 bridgehead atoms. The number of hydrogen-bond donors (Lipinski definition) is 0. The number of allylic oxidation sites excluding steroid dienone is 2. The highest BCUT2D eigenvalue weighted by molar-refractivity contribution is 5.91. The van der Waals surface area contributed by atoms with Crippen molar-refractivity contribution in [3.8, 4) is 0 Å². The molecule has 5 rings (SSSR count). The summed E-state index contributed by atoms with van der Waals surface area (Å²) in [5, 5.41) is 0. The first-order valence-corrected chi connectivity index (χ1v) is 10.6. The van der Waals surface area contributed by atoms with Crippen molar-refractivity contribution in [1.82, 2.24) is 0 Å². The zero-order valence-electron chi connectivity index (χ0n) is 15.9. The van der Waals surface area contributed by atoms with Crippen molar-refractivity contribution in [3.63, 3.8) is 0 Å². The zero-order chi connectivity index (χ0) is 17.2. The lowest BCUT2D eigenvalue weighted by atomic mass is 9.50. The summed E-state index contributed by atoms with van der Waals surface area (Å²) >= 11 is 0. The van der Waals surface area contributed by atoms with Gasteiger partial charge in [0.15, 0.2) is 5.78 Å². The van der Waals surface area contributed by atoms with Crippen molar-refractivity contribution >= 4 is 5.78 Å².